The number of carbonyl (C=O) groups excluding carboxylic acids is 2. The first-order chi connectivity index (χ1) is 15.5. The molecule has 2 fully saturated rings. The van der Waals surface area contributed by atoms with Crippen molar-refractivity contribution in [1.82, 2.24) is 0 Å². The summed E-state index contributed by atoms with van der Waals surface area (Å²) >= 11 is 6.26. The summed E-state index contributed by atoms with van der Waals surface area (Å²) in [6.07, 6.45) is -1.11. The van der Waals surface area contributed by atoms with Crippen molar-refractivity contribution in [2.24, 2.45) is 5.92 Å². The molecule has 2 saturated heterocycles. The van der Waals surface area contributed by atoms with Crippen LogP contribution in [0.3, 0.4) is 0 Å². The summed E-state index contributed by atoms with van der Waals surface area (Å²) in [5.41, 5.74) is 1.31. The number of nitrogens with zero attached hydrogens (tertiary/aromatic N) is 2. The molecule has 5 rings (SSSR count). The number of anilines is 2. The SMILES string of the molecule is O=C(O)c1ccccc1[C@@H]1[C@@H]2C(=O)N(c3ccccc3Cl)C(=O)[C@@H]2ON1c1ccccc1. The molecule has 32 heavy (non-hydrogen) atoms. The largest absolute Gasteiger partial charge is 0.478 e. The fraction of sp³-hybridized carbons (Fsp3) is 0.125. The standard InChI is InChI=1S/C24H17ClN2O5/c25-17-12-6-7-13-18(17)26-22(28)19-20(15-10-4-5-11-16(15)24(30)31)27(32-21(19)23(26)29)14-8-2-1-3-9-14/h1-13,19-21H,(H,30,31)/t19-,20+,21+/m0/s1. The zero-order valence-corrected chi connectivity index (χ0v) is 17.3. The van der Waals surface area contributed by atoms with E-state index in [1.807, 2.05) is 6.07 Å². The van der Waals surface area contributed by atoms with Gasteiger partial charge in [-0.3, -0.25) is 14.4 Å². The number of para-hydroxylation sites is 2. The second kappa shape index (κ2) is 7.78. The summed E-state index contributed by atoms with van der Waals surface area (Å²) in [6, 6.07) is 21.2. The Kier molecular flexibility index (Phi) is 4.92. The van der Waals surface area contributed by atoms with Crippen molar-refractivity contribution in [3.05, 3.63) is 95.0 Å². The second-order valence-electron chi connectivity index (χ2n) is 7.51. The van der Waals surface area contributed by atoms with Crippen LogP contribution >= 0.6 is 11.6 Å². The van der Waals surface area contributed by atoms with Crippen LogP contribution in [-0.4, -0.2) is 29.0 Å². The number of hydrogen-bond donors (Lipinski definition) is 1. The quantitative estimate of drug-likeness (QED) is 0.605. The maximum absolute atomic E-state index is 13.6. The van der Waals surface area contributed by atoms with Crippen molar-refractivity contribution >= 4 is 40.8 Å². The number of carbonyl (C=O) groups is 3. The van der Waals surface area contributed by atoms with Crippen molar-refractivity contribution in [1.29, 1.82) is 0 Å². The van der Waals surface area contributed by atoms with E-state index in [1.165, 1.54) is 11.1 Å². The summed E-state index contributed by atoms with van der Waals surface area (Å²) in [5, 5.41) is 11.5. The maximum atomic E-state index is 13.6. The van der Waals surface area contributed by atoms with Gasteiger partial charge in [0.05, 0.1) is 28.0 Å². The molecule has 2 heterocycles. The molecule has 8 heteroatoms. The predicted octanol–water partition coefficient (Wildman–Crippen LogP) is 4.09. The Balaban J connectivity index is 1.65. The van der Waals surface area contributed by atoms with Crippen LogP contribution in [0.2, 0.25) is 5.02 Å². The smallest absolute Gasteiger partial charge is 0.336 e. The average Bonchev–Trinajstić information content (AvgIpc) is 3.31. The lowest BCUT2D eigenvalue weighted by molar-refractivity contribution is -0.126. The van der Waals surface area contributed by atoms with Gasteiger partial charge in [-0.25, -0.2) is 14.8 Å². The van der Waals surface area contributed by atoms with Gasteiger partial charge in [0, 0.05) is 0 Å². The molecule has 0 saturated carbocycles. The molecule has 0 aliphatic carbocycles. The number of carboxylic acid groups (broad SMARTS) is 1. The highest BCUT2D eigenvalue weighted by Crippen LogP contribution is 2.48. The van der Waals surface area contributed by atoms with E-state index in [2.05, 4.69) is 0 Å². The molecule has 0 aromatic heterocycles. The normalized spacial score (nSPS) is 22.3. The van der Waals surface area contributed by atoms with Gasteiger partial charge in [-0.2, -0.15) is 0 Å². The van der Waals surface area contributed by atoms with Crippen LogP contribution in [0, 0.1) is 5.92 Å². The number of aromatic carboxylic acids is 1. The first-order valence-corrected chi connectivity index (χ1v) is 10.3. The number of benzene rings is 3. The fourth-order valence-electron chi connectivity index (χ4n) is 4.35. The van der Waals surface area contributed by atoms with Crippen LogP contribution in [0.1, 0.15) is 22.0 Å². The Morgan fingerprint density at radius 1 is 0.875 bits per heavy atom. The van der Waals surface area contributed by atoms with E-state index in [0.29, 0.717) is 11.3 Å². The molecular formula is C24H17ClN2O5. The van der Waals surface area contributed by atoms with Gasteiger partial charge in [-0.1, -0.05) is 60.1 Å². The lowest BCUT2D eigenvalue weighted by Gasteiger charge is -2.29. The monoisotopic (exact) mass is 448 g/mol. The zero-order valence-electron chi connectivity index (χ0n) is 16.6. The molecule has 2 aliphatic rings. The summed E-state index contributed by atoms with van der Waals surface area (Å²) in [5.74, 6) is -3.10. The number of hydrogen-bond acceptors (Lipinski definition) is 5. The molecule has 160 valence electrons. The first kappa shape index (κ1) is 20.2. The van der Waals surface area contributed by atoms with Crippen LogP contribution in [0.4, 0.5) is 11.4 Å². The minimum atomic E-state index is -1.13. The first-order valence-electron chi connectivity index (χ1n) is 9.94. The number of imide groups is 1. The second-order valence-corrected chi connectivity index (χ2v) is 7.92. The Labute approximate surface area is 188 Å². The minimum absolute atomic E-state index is 0.0409. The highest BCUT2D eigenvalue weighted by atomic mass is 35.5. The molecule has 0 unspecified atom stereocenters. The Bertz CT molecular complexity index is 1230. The van der Waals surface area contributed by atoms with Gasteiger partial charge in [-0.05, 0) is 35.9 Å². The van der Waals surface area contributed by atoms with Gasteiger partial charge in [0.25, 0.3) is 5.91 Å². The van der Waals surface area contributed by atoms with Crippen LogP contribution in [0.5, 0.6) is 0 Å². The van der Waals surface area contributed by atoms with Crippen LogP contribution in [-0.2, 0) is 14.4 Å². The van der Waals surface area contributed by atoms with Gasteiger partial charge in [-0.15, -0.1) is 0 Å². The van der Waals surface area contributed by atoms with Crippen LogP contribution < -0.4 is 9.96 Å². The number of hydroxylamine groups is 1. The topological polar surface area (TPSA) is 87.2 Å². The molecule has 2 amide bonds. The number of fused-ring (bicyclic) bond motifs is 1. The van der Waals surface area contributed by atoms with E-state index in [1.54, 1.807) is 66.7 Å². The molecule has 0 radical (unpaired) electrons. The summed E-state index contributed by atoms with van der Waals surface area (Å²) < 4.78 is 0. The number of rotatable bonds is 4. The van der Waals surface area contributed by atoms with Gasteiger partial charge >= 0.3 is 5.97 Å². The van der Waals surface area contributed by atoms with Crippen LogP contribution in [0.15, 0.2) is 78.9 Å². The van der Waals surface area contributed by atoms with E-state index < -0.39 is 35.8 Å². The van der Waals surface area contributed by atoms with E-state index >= 15 is 0 Å². The Hall–Kier alpha value is -3.68. The summed E-state index contributed by atoms with van der Waals surface area (Å²) in [4.78, 5) is 45.9. The molecule has 3 aromatic carbocycles. The average molecular weight is 449 g/mol. The van der Waals surface area contributed by atoms with Crippen molar-refractivity contribution in [3.63, 3.8) is 0 Å². The molecule has 7 nitrogen and oxygen atoms in total. The fourth-order valence-corrected chi connectivity index (χ4v) is 4.57. The third-order valence-electron chi connectivity index (χ3n) is 5.73. The van der Waals surface area contributed by atoms with Crippen molar-refractivity contribution < 1.29 is 24.3 Å². The molecule has 1 N–H and O–H groups in total. The molecule has 3 atom stereocenters. The Morgan fingerprint density at radius 2 is 1.53 bits per heavy atom. The lowest BCUT2D eigenvalue weighted by atomic mass is 9.88. The minimum Gasteiger partial charge on any atom is -0.478 e. The van der Waals surface area contributed by atoms with Crippen molar-refractivity contribution in [2.75, 3.05) is 9.96 Å². The molecule has 2 aliphatic heterocycles. The molecule has 0 spiro atoms. The van der Waals surface area contributed by atoms with Crippen LogP contribution in [0.25, 0.3) is 0 Å². The van der Waals surface area contributed by atoms with E-state index in [0.717, 1.165) is 4.90 Å². The summed E-state index contributed by atoms with van der Waals surface area (Å²) in [6.45, 7) is 0. The van der Waals surface area contributed by atoms with E-state index in [9.17, 15) is 19.5 Å². The van der Waals surface area contributed by atoms with Crippen molar-refractivity contribution in [3.8, 4) is 0 Å². The third kappa shape index (κ3) is 3.05. The van der Waals surface area contributed by atoms with E-state index in [-0.39, 0.29) is 16.3 Å². The van der Waals surface area contributed by atoms with Gasteiger partial charge in [0.1, 0.15) is 5.92 Å². The molecule has 0 bridgehead atoms. The number of amides is 2. The predicted molar refractivity (Wildman–Crippen MR) is 117 cm³/mol. The highest BCUT2D eigenvalue weighted by molar-refractivity contribution is 6.36. The van der Waals surface area contributed by atoms with Gasteiger partial charge < -0.3 is 5.11 Å². The van der Waals surface area contributed by atoms with Gasteiger partial charge in [0.2, 0.25) is 5.91 Å². The molecular weight excluding hydrogens is 432 g/mol. The Morgan fingerprint density at radius 3 is 2.25 bits per heavy atom. The number of carboxylic acids is 1. The molecule has 3 aromatic rings. The van der Waals surface area contributed by atoms with Gasteiger partial charge in [0.15, 0.2) is 6.10 Å². The lowest BCUT2D eigenvalue weighted by Crippen LogP contribution is -2.37. The van der Waals surface area contributed by atoms with E-state index in [4.69, 9.17) is 16.4 Å². The maximum Gasteiger partial charge on any atom is 0.336 e. The summed E-state index contributed by atoms with van der Waals surface area (Å²) in [7, 11) is 0. The third-order valence-corrected chi connectivity index (χ3v) is 6.05. The highest BCUT2D eigenvalue weighted by Gasteiger charge is 2.61. The zero-order chi connectivity index (χ0) is 22.4. The van der Waals surface area contributed by atoms with Crippen molar-refractivity contribution in [2.45, 2.75) is 12.1 Å². The number of halogens is 1.